The number of aromatic amines is 1. The minimum atomic E-state index is -0.301. The van der Waals surface area contributed by atoms with E-state index in [2.05, 4.69) is 20.5 Å². The second-order valence-corrected chi connectivity index (χ2v) is 6.48. The zero-order valence-electron chi connectivity index (χ0n) is 11.8. The molecule has 0 aromatic carbocycles. The van der Waals surface area contributed by atoms with Crippen LogP contribution in [0.2, 0.25) is 0 Å². The topological polar surface area (TPSA) is 87.7 Å². The third-order valence-electron chi connectivity index (χ3n) is 3.45. The summed E-state index contributed by atoms with van der Waals surface area (Å²) >= 11 is 1.22. The molecule has 1 heterocycles. The highest BCUT2D eigenvalue weighted by molar-refractivity contribution is 8.00. The zero-order chi connectivity index (χ0) is 14.5. The minimum Gasteiger partial charge on any atom is -0.352 e. The van der Waals surface area contributed by atoms with Gasteiger partial charge >= 0.3 is 0 Å². The molecule has 0 saturated heterocycles. The van der Waals surface area contributed by atoms with Crippen molar-refractivity contribution in [3.05, 3.63) is 16.0 Å². The highest BCUT2D eigenvalue weighted by Crippen LogP contribution is 2.20. The highest BCUT2D eigenvalue weighted by atomic mass is 32.2. The van der Waals surface area contributed by atoms with Gasteiger partial charge in [0.05, 0.1) is 5.25 Å². The summed E-state index contributed by atoms with van der Waals surface area (Å²) in [5.41, 5.74) is 0.0658. The molecule has 1 saturated carbocycles. The Kier molecular flexibility index (Phi) is 5.17. The first-order chi connectivity index (χ1) is 9.56. The normalized spacial score (nSPS) is 17.7. The Morgan fingerprint density at radius 1 is 1.35 bits per heavy atom. The van der Waals surface area contributed by atoms with Crippen LogP contribution in [0.4, 0.5) is 0 Å². The molecule has 0 spiro atoms. The summed E-state index contributed by atoms with van der Waals surface area (Å²) in [5.74, 6) is -0.00914. The Balaban J connectivity index is 1.89. The largest absolute Gasteiger partial charge is 0.352 e. The number of nitrogens with one attached hydrogen (secondary N) is 2. The van der Waals surface area contributed by atoms with E-state index in [0.29, 0.717) is 16.9 Å². The molecule has 0 aliphatic heterocycles. The summed E-state index contributed by atoms with van der Waals surface area (Å²) in [4.78, 5) is 26.2. The fourth-order valence-electron chi connectivity index (χ4n) is 2.22. The Morgan fingerprint density at radius 3 is 2.70 bits per heavy atom. The van der Waals surface area contributed by atoms with Crippen LogP contribution < -0.4 is 10.9 Å². The third kappa shape index (κ3) is 4.06. The van der Waals surface area contributed by atoms with Crippen molar-refractivity contribution in [2.24, 2.45) is 0 Å². The molecule has 1 amide bonds. The molecule has 2 N–H and O–H groups in total. The Hall–Kier alpha value is -1.37. The molecule has 20 heavy (non-hydrogen) atoms. The van der Waals surface area contributed by atoms with E-state index in [-0.39, 0.29) is 16.7 Å². The van der Waals surface area contributed by atoms with Gasteiger partial charge in [0, 0.05) is 6.04 Å². The predicted molar refractivity (Wildman–Crippen MR) is 77.7 cm³/mol. The Bertz CT molecular complexity index is 525. The van der Waals surface area contributed by atoms with Gasteiger partial charge in [-0.3, -0.25) is 14.6 Å². The number of amides is 1. The molecule has 0 unspecified atom stereocenters. The van der Waals surface area contributed by atoms with Gasteiger partial charge in [-0.15, -0.1) is 10.2 Å². The first-order valence-electron chi connectivity index (χ1n) is 6.97. The summed E-state index contributed by atoms with van der Waals surface area (Å²) in [7, 11) is 0. The molecule has 1 aromatic rings. The molecular formula is C13H20N4O2S. The smallest absolute Gasteiger partial charge is 0.273 e. The average Bonchev–Trinajstić information content (AvgIpc) is 2.44. The molecule has 6 nitrogen and oxygen atoms in total. The maximum absolute atomic E-state index is 12.1. The van der Waals surface area contributed by atoms with E-state index in [9.17, 15) is 9.59 Å². The lowest BCUT2D eigenvalue weighted by atomic mass is 9.95. The van der Waals surface area contributed by atoms with E-state index in [1.54, 1.807) is 6.92 Å². The number of hydrogen-bond donors (Lipinski definition) is 2. The van der Waals surface area contributed by atoms with Gasteiger partial charge in [-0.25, -0.2) is 0 Å². The summed E-state index contributed by atoms with van der Waals surface area (Å²) in [6.07, 6.45) is 5.75. The number of H-pyrrole nitrogens is 1. The molecule has 1 aromatic heterocycles. The molecule has 110 valence electrons. The molecule has 1 atom stereocenters. The van der Waals surface area contributed by atoms with E-state index in [1.165, 1.54) is 31.0 Å². The lowest BCUT2D eigenvalue weighted by Crippen LogP contribution is -2.40. The number of nitrogens with zero attached hydrogens (tertiary/aromatic N) is 2. The quantitative estimate of drug-likeness (QED) is 0.820. The maximum Gasteiger partial charge on any atom is 0.273 e. The number of carbonyl (C=O) groups excluding carboxylic acids is 1. The molecular weight excluding hydrogens is 276 g/mol. The van der Waals surface area contributed by atoms with Gasteiger partial charge < -0.3 is 5.32 Å². The number of thioether (sulfide) groups is 1. The average molecular weight is 296 g/mol. The number of rotatable bonds is 4. The molecule has 1 aliphatic carbocycles. The van der Waals surface area contributed by atoms with Crippen molar-refractivity contribution in [2.45, 2.75) is 62.4 Å². The molecule has 1 aliphatic rings. The predicted octanol–water partition coefficient (Wildman–Crippen LogP) is 1.40. The molecule has 1 fully saturated rings. The van der Waals surface area contributed by atoms with E-state index in [0.717, 1.165) is 12.8 Å². The summed E-state index contributed by atoms with van der Waals surface area (Å²) in [6.45, 7) is 3.40. The van der Waals surface area contributed by atoms with Crippen LogP contribution >= 0.6 is 11.8 Å². The van der Waals surface area contributed by atoms with Crippen molar-refractivity contribution >= 4 is 17.7 Å². The summed E-state index contributed by atoms with van der Waals surface area (Å²) < 4.78 is 0. The second kappa shape index (κ2) is 6.88. The van der Waals surface area contributed by atoms with Crippen molar-refractivity contribution in [3.63, 3.8) is 0 Å². The van der Waals surface area contributed by atoms with Gasteiger partial charge in [-0.2, -0.15) is 0 Å². The molecule has 7 heteroatoms. The highest BCUT2D eigenvalue weighted by Gasteiger charge is 2.21. The van der Waals surface area contributed by atoms with Crippen LogP contribution in [0.3, 0.4) is 0 Å². The Morgan fingerprint density at radius 2 is 2.05 bits per heavy atom. The molecule has 2 rings (SSSR count). The van der Waals surface area contributed by atoms with Gasteiger partial charge in [0.1, 0.15) is 5.69 Å². The summed E-state index contributed by atoms with van der Waals surface area (Å²) in [6, 6.07) is 0.294. The van der Waals surface area contributed by atoms with E-state index in [4.69, 9.17) is 0 Å². The van der Waals surface area contributed by atoms with E-state index >= 15 is 0 Å². The van der Waals surface area contributed by atoms with Crippen LogP contribution in [0, 0.1) is 6.92 Å². The molecule has 0 bridgehead atoms. The van der Waals surface area contributed by atoms with Crippen LogP contribution in [-0.2, 0) is 4.79 Å². The van der Waals surface area contributed by atoms with E-state index < -0.39 is 0 Å². The third-order valence-corrected chi connectivity index (χ3v) is 4.42. The number of carbonyl (C=O) groups is 1. The zero-order valence-corrected chi connectivity index (χ0v) is 12.6. The van der Waals surface area contributed by atoms with Crippen LogP contribution in [0.25, 0.3) is 0 Å². The van der Waals surface area contributed by atoms with Crippen molar-refractivity contribution in [1.29, 1.82) is 0 Å². The fourth-order valence-corrected chi connectivity index (χ4v) is 2.97. The van der Waals surface area contributed by atoms with Gasteiger partial charge in [0.2, 0.25) is 5.91 Å². The minimum absolute atomic E-state index is 0.00914. The fraction of sp³-hybridized carbons (Fsp3) is 0.692. The Labute approximate surface area is 122 Å². The van der Waals surface area contributed by atoms with Gasteiger partial charge in [0.25, 0.3) is 5.56 Å². The number of hydrogen-bond acceptors (Lipinski definition) is 5. The van der Waals surface area contributed by atoms with Crippen LogP contribution in [-0.4, -0.2) is 32.4 Å². The standard InChI is InChI=1S/C13H20N4O2S/c1-8-11(18)15-13(17-16-8)20-9(2)12(19)14-10-6-4-3-5-7-10/h9-10H,3-7H2,1-2H3,(H,14,19)(H,15,17,18)/t9-/m1/s1. The van der Waals surface area contributed by atoms with Gasteiger partial charge in [0.15, 0.2) is 5.16 Å². The monoisotopic (exact) mass is 296 g/mol. The van der Waals surface area contributed by atoms with Crippen molar-refractivity contribution in [3.8, 4) is 0 Å². The first kappa shape index (κ1) is 15.0. The van der Waals surface area contributed by atoms with Crippen molar-refractivity contribution in [2.75, 3.05) is 0 Å². The first-order valence-corrected chi connectivity index (χ1v) is 7.85. The second-order valence-electron chi connectivity index (χ2n) is 5.15. The number of aryl methyl sites for hydroxylation is 1. The maximum atomic E-state index is 12.1. The van der Waals surface area contributed by atoms with Gasteiger partial charge in [-0.05, 0) is 26.7 Å². The SMILES string of the molecule is Cc1nnc(S[C@H](C)C(=O)NC2CCCCC2)[nH]c1=O. The lowest BCUT2D eigenvalue weighted by Gasteiger charge is -2.24. The van der Waals surface area contributed by atoms with Crippen LogP contribution in [0.1, 0.15) is 44.7 Å². The van der Waals surface area contributed by atoms with Crippen molar-refractivity contribution < 1.29 is 4.79 Å². The number of aromatic nitrogens is 3. The molecule has 0 radical (unpaired) electrons. The van der Waals surface area contributed by atoms with E-state index in [1.807, 2.05) is 6.92 Å². The van der Waals surface area contributed by atoms with Crippen LogP contribution in [0.15, 0.2) is 9.95 Å². The lowest BCUT2D eigenvalue weighted by molar-refractivity contribution is -0.121. The summed E-state index contributed by atoms with van der Waals surface area (Å²) in [5, 5.41) is 10.8. The van der Waals surface area contributed by atoms with Crippen molar-refractivity contribution in [1.82, 2.24) is 20.5 Å². The van der Waals surface area contributed by atoms with Crippen LogP contribution in [0.5, 0.6) is 0 Å². The van der Waals surface area contributed by atoms with Gasteiger partial charge in [-0.1, -0.05) is 31.0 Å².